The Hall–Kier alpha value is -3.19. The van der Waals surface area contributed by atoms with Crippen molar-refractivity contribution in [3.63, 3.8) is 0 Å². The minimum absolute atomic E-state index is 0.145. The highest BCUT2D eigenvalue weighted by Crippen LogP contribution is 2.17. The Morgan fingerprint density at radius 2 is 1.70 bits per heavy atom. The lowest BCUT2D eigenvalue weighted by atomic mass is 10.2. The van der Waals surface area contributed by atoms with E-state index in [-0.39, 0.29) is 22.1 Å². The van der Waals surface area contributed by atoms with E-state index in [2.05, 4.69) is 15.0 Å². The highest BCUT2D eigenvalue weighted by Gasteiger charge is 2.15. The number of nitrogens with zero attached hydrogens (tertiary/aromatic N) is 1. The highest BCUT2D eigenvalue weighted by molar-refractivity contribution is 7.92. The van der Waals surface area contributed by atoms with Crippen LogP contribution in [-0.2, 0) is 16.6 Å². The summed E-state index contributed by atoms with van der Waals surface area (Å²) >= 11 is 0. The molecule has 0 aliphatic heterocycles. The van der Waals surface area contributed by atoms with Crippen LogP contribution in [0, 0.1) is 6.92 Å². The molecule has 27 heavy (non-hydrogen) atoms. The molecule has 0 aliphatic rings. The lowest BCUT2D eigenvalue weighted by Gasteiger charge is -2.10. The largest absolute Gasteiger partial charge is 0.348 e. The van der Waals surface area contributed by atoms with Crippen LogP contribution in [0.2, 0.25) is 0 Å². The zero-order chi connectivity index (χ0) is 19.3. The summed E-state index contributed by atoms with van der Waals surface area (Å²) < 4.78 is 27.4. The molecule has 1 heterocycles. The SMILES string of the molecule is Cc1ccc(S(=O)(=O)Nc2cncc(C(=O)NCc3ccccc3)c2)cc1. The number of hydrogen-bond acceptors (Lipinski definition) is 4. The van der Waals surface area contributed by atoms with E-state index in [0.29, 0.717) is 6.54 Å². The molecule has 138 valence electrons. The van der Waals surface area contributed by atoms with Crippen molar-refractivity contribution in [1.82, 2.24) is 10.3 Å². The second kappa shape index (κ2) is 8.01. The fourth-order valence-corrected chi connectivity index (χ4v) is 3.47. The van der Waals surface area contributed by atoms with Gasteiger partial charge in [0.1, 0.15) is 0 Å². The minimum atomic E-state index is -3.75. The number of nitrogens with one attached hydrogen (secondary N) is 2. The van der Waals surface area contributed by atoms with Gasteiger partial charge in [-0.1, -0.05) is 48.0 Å². The summed E-state index contributed by atoms with van der Waals surface area (Å²) in [5.41, 5.74) is 2.43. The minimum Gasteiger partial charge on any atom is -0.348 e. The molecule has 1 amide bonds. The van der Waals surface area contributed by atoms with Crippen LogP contribution in [-0.4, -0.2) is 19.3 Å². The molecule has 0 spiro atoms. The van der Waals surface area contributed by atoms with Crippen LogP contribution in [0.4, 0.5) is 5.69 Å². The first-order chi connectivity index (χ1) is 12.9. The van der Waals surface area contributed by atoms with Gasteiger partial charge in [0, 0.05) is 12.7 Å². The van der Waals surface area contributed by atoms with E-state index in [1.54, 1.807) is 12.1 Å². The molecule has 0 fully saturated rings. The van der Waals surface area contributed by atoms with Crippen LogP contribution in [0.3, 0.4) is 0 Å². The third-order valence-electron chi connectivity index (χ3n) is 3.88. The summed E-state index contributed by atoms with van der Waals surface area (Å²) in [5, 5.41) is 2.79. The summed E-state index contributed by atoms with van der Waals surface area (Å²) in [6, 6.07) is 17.5. The molecule has 7 heteroatoms. The Kier molecular flexibility index (Phi) is 5.52. The van der Waals surface area contributed by atoms with Gasteiger partial charge in [-0.3, -0.25) is 14.5 Å². The number of aryl methyl sites for hydroxylation is 1. The predicted molar refractivity (Wildman–Crippen MR) is 104 cm³/mol. The van der Waals surface area contributed by atoms with Gasteiger partial charge in [-0.2, -0.15) is 0 Å². The molecule has 1 aromatic heterocycles. The Bertz CT molecular complexity index is 1030. The molecule has 2 N–H and O–H groups in total. The van der Waals surface area contributed by atoms with Gasteiger partial charge in [0.15, 0.2) is 0 Å². The standard InChI is InChI=1S/C20H19N3O3S/c1-15-7-9-19(10-8-15)27(25,26)23-18-11-17(13-21-14-18)20(24)22-12-16-5-3-2-4-6-16/h2-11,13-14,23H,12H2,1H3,(H,22,24). The average molecular weight is 381 g/mol. The van der Waals surface area contributed by atoms with Gasteiger partial charge >= 0.3 is 0 Å². The van der Waals surface area contributed by atoms with E-state index < -0.39 is 10.0 Å². The monoisotopic (exact) mass is 381 g/mol. The molecular formula is C20H19N3O3S. The fraction of sp³-hybridized carbons (Fsp3) is 0.100. The van der Waals surface area contributed by atoms with Crippen LogP contribution >= 0.6 is 0 Å². The zero-order valence-electron chi connectivity index (χ0n) is 14.7. The van der Waals surface area contributed by atoms with Crippen LogP contribution in [0.5, 0.6) is 0 Å². The molecule has 0 unspecified atom stereocenters. The van der Waals surface area contributed by atoms with Crippen molar-refractivity contribution < 1.29 is 13.2 Å². The molecule has 0 bridgehead atoms. The van der Waals surface area contributed by atoms with Crippen molar-refractivity contribution >= 4 is 21.6 Å². The third-order valence-corrected chi connectivity index (χ3v) is 5.28. The summed E-state index contributed by atoms with van der Waals surface area (Å²) in [5.74, 6) is -0.331. The quantitative estimate of drug-likeness (QED) is 0.687. The maximum atomic E-state index is 12.5. The van der Waals surface area contributed by atoms with E-state index in [1.165, 1.54) is 30.6 Å². The lowest BCUT2D eigenvalue weighted by Crippen LogP contribution is -2.23. The average Bonchev–Trinajstić information content (AvgIpc) is 2.67. The lowest BCUT2D eigenvalue weighted by molar-refractivity contribution is 0.0950. The molecule has 6 nitrogen and oxygen atoms in total. The Morgan fingerprint density at radius 3 is 2.41 bits per heavy atom. The van der Waals surface area contributed by atoms with Crippen LogP contribution < -0.4 is 10.0 Å². The van der Waals surface area contributed by atoms with Crippen molar-refractivity contribution in [2.75, 3.05) is 4.72 Å². The molecule has 0 saturated heterocycles. The van der Waals surface area contributed by atoms with E-state index >= 15 is 0 Å². The van der Waals surface area contributed by atoms with E-state index in [1.807, 2.05) is 37.3 Å². The first-order valence-electron chi connectivity index (χ1n) is 8.31. The highest BCUT2D eigenvalue weighted by atomic mass is 32.2. The maximum absolute atomic E-state index is 12.5. The van der Waals surface area contributed by atoms with E-state index in [0.717, 1.165) is 11.1 Å². The smallest absolute Gasteiger partial charge is 0.261 e. The van der Waals surface area contributed by atoms with Gasteiger partial charge in [0.25, 0.3) is 15.9 Å². The predicted octanol–water partition coefficient (Wildman–Crippen LogP) is 3.12. The van der Waals surface area contributed by atoms with Gasteiger partial charge in [-0.15, -0.1) is 0 Å². The molecule has 0 radical (unpaired) electrons. The number of rotatable bonds is 6. The summed E-state index contributed by atoms with van der Waals surface area (Å²) in [6.07, 6.45) is 2.75. The van der Waals surface area contributed by atoms with Crippen molar-refractivity contribution in [2.45, 2.75) is 18.4 Å². The van der Waals surface area contributed by atoms with Gasteiger partial charge in [0.05, 0.1) is 22.3 Å². The van der Waals surface area contributed by atoms with E-state index in [4.69, 9.17) is 0 Å². The molecule has 0 saturated carbocycles. The molecular weight excluding hydrogens is 362 g/mol. The number of carbonyl (C=O) groups is 1. The zero-order valence-corrected chi connectivity index (χ0v) is 15.5. The number of carbonyl (C=O) groups excluding carboxylic acids is 1. The van der Waals surface area contributed by atoms with Crippen molar-refractivity contribution in [3.8, 4) is 0 Å². The number of hydrogen-bond donors (Lipinski definition) is 2. The van der Waals surface area contributed by atoms with Gasteiger partial charge in [-0.05, 0) is 30.7 Å². The first kappa shape index (κ1) is 18.6. The number of aromatic nitrogens is 1. The van der Waals surface area contributed by atoms with Gasteiger partial charge in [0.2, 0.25) is 0 Å². The van der Waals surface area contributed by atoms with Crippen molar-refractivity contribution in [3.05, 3.63) is 89.7 Å². The van der Waals surface area contributed by atoms with Crippen LogP contribution in [0.25, 0.3) is 0 Å². The second-order valence-corrected chi connectivity index (χ2v) is 7.73. The van der Waals surface area contributed by atoms with E-state index in [9.17, 15) is 13.2 Å². The summed E-state index contributed by atoms with van der Waals surface area (Å²) in [6.45, 7) is 2.25. The molecule has 3 rings (SSSR count). The Balaban J connectivity index is 1.71. The number of pyridine rings is 1. The summed E-state index contributed by atoms with van der Waals surface area (Å²) in [4.78, 5) is 16.4. The maximum Gasteiger partial charge on any atom is 0.261 e. The Labute approximate surface area is 158 Å². The van der Waals surface area contributed by atoms with Gasteiger partial charge in [-0.25, -0.2) is 8.42 Å². The third kappa shape index (κ3) is 4.92. The second-order valence-electron chi connectivity index (χ2n) is 6.05. The number of sulfonamides is 1. The molecule has 2 aromatic carbocycles. The normalized spacial score (nSPS) is 11.0. The van der Waals surface area contributed by atoms with Crippen LogP contribution in [0.1, 0.15) is 21.5 Å². The summed E-state index contributed by atoms with van der Waals surface area (Å²) in [7, 11) is -3.75. The number of anilines is 1. The Morgan fingerprint density at radius 1 is 1.00 bits per heavy atom. The van der Waals surface area contributed by atoms with Gasteiger partial charge < -0.3 is 5.32 Å². The number of amides is 1. The van der Waals surface area contributed by atoms with Crippen molar-refractivity contribution in [1.29, 1.82) is 0 Å². The van der Waals surface area contributed by atoms with Crippen LogP contribution in [0.15, 0.2) is 78.0 Å². The van der Waals surface area contributed by atoms with Crippen molar-refractivity contribution in [2.24, 2.45) is 0 Å². The fourth-order valence-electron chi connectivity index (χ4n) is 2.43. The molecule has 0 atom stereocenters. The molecule has 3 aromatic rings. The first-order valence-corrected chi connectivity index (χ1v) is 9.79. The topological polar surface area (TPSA) is 88.2 Å². The number of benzene rings is 2. The molecule has 0 aliphatic carbocycles.